The van der Waals surface area contributed by atoms with Gasteiger partial charge < -0.3 is 5.32 Å². The summed E-state index contributed by atoms with van der Waals surface area (Å²) < 4.78 is 38.7. The van der Waals surface area contributed by atoms with Crippen molar-refractivity contribution in [1.29, 1.82) is 0 Å². The number of amides is 1. The van der Waals surface area contributed by atoms with Gasteiger partial charge >= 0.3 is 0 Å². The number of carbonyl (C=O) groups excluding carboxylic acids is 1. The first-order valence-electron chi connectivity index (χ1n) is 7.40. The molecule has 130 valence electrons. The molecule has 1 aromatic heterocycles. The molecule has 24 heavy (non-hydrogen) atoms. The molecular weight excluding hydrogens is 337 g/mol. The first kappa shape index (κ1) is 18.0. The van der Waals surface area contributed by atoms with E-state index in [1.54, 1.807) is 0 Å². The Morgan fingerprint density at radius 1 is 1.38 bits per heavy atom. The van der Waals surface area contributed by atoms with E-state index in [-0.39, 0.29) is 29.4 Å². The number of hydrogen-bond acceptors (Lipinski definition) is 6. The second-order valence-corrected chi connectivity index (χ2v) is 7.40. The summed E-state index contributed by atoms with van der Waals surface area (Å²) in [4.78, 5) is 11.8. The van der Waals surface area contributed by atoms with Gasteiger partial charge in [0.1, 0.15) is 11.6 Å². The van der Waals surface area contributed by atoms with Crippen LogP contribution in [0.15, 0.2) is 24.3 Å². The summed E-state index contributed by atoms with van der Waals surface area (Å²) in [5.41, 5.74) is 0.282. The summed E-state index contributed by atoms with van der Waals surface area (Å²) in [7, 11) is -3.54. The number of nitrogens with zero attached hydrogens (tertiary/aromatic N) is 4. The van der Waals surface area contributed by atoms with Gasteiger partial charge in [-0.25, -0.2) is 17.5 Å². The van der Waals surface area contributed by atoms with Crippen molar-refractivity contribution in [3.8, 4) is 0 Å². The molecule has 1 heterocycles. The van der Waals surface area contributed by atoms with Crippen LogP contribution in [0.2, 0.25) is 0 Å². The molecule has 10 heteroatoms. The van der Waals surface area contributed by atoms with Crippen LogP contribution in [0.3, 0.4) is 0 Å². The maximum atomic E-state index is 13.0. The Balaban J connectivity index is 1.90. The molecule has 1 amide bonds. The molecule has 0 atom stereocenters. The van der Waals surface area contributed by atoms with Crippen molar-refractivity contribution in [2.75, 3.05) is 11.1 Å². The Labute approximate surface area is 139 Å². The van der Waals surface area contributed by atoms with Crippen molar-refractivity contribution in [1.82, 2.24) is 20.2 Å². The van der Waals surface area contributed by atoms with Crippen LogP contribution in [0.25, 0.3) is 0 Å². The Morgan fingerprint density at radius 2 is 2.17 bits per heavy atom. The number of nitrogens with one attached hydrogen (secondary N) is 1. The molecule has 0 fully saturated rings. The lowest BCUT2D eigenvalue weighted by Crippen LogP contribution is -2.20. The second kappa shape index (κ2) is 7.95. The minimum atomic E-state index is -3.54. The van der Waals surface area contributed by atoms with E-state index in [9.17, 15) is 17.6 Å². The molecule has 0 aliphatic carbocycles. The molecule has 0 bridgehead atoms. The van der Waals surface area contributed by atoms with Crippen LogP contribution in [-0.4, -0.2) is 40.3 Å². The number of rotatable bonds is 8. The van der Waals surface area contributed by atoms with Crippen LogP contribution < -0.4 is 5.32 Å². The lowest BCUT2D eigenvalue weighted by Gasteiger charge is -2.06. The van der Waals surface area contributed by atoms with E-state index in [4.69, 9.17) is 0 Å². The van der Waals surface area contributed by atoms with Crippen molar-refractivity contribution in [3.05, 3.63) is 35.9 Å². The van der Waals surface area contributed by atoms with E-state index in [0.29, 0.717) is 6.54 Å². The molecular formula is C14H18FN5O3S. The zero-order chi connectivity index (χ0) is 17.6. The lowest BCUT2D eigenvalue weighted by molar-refractivity contribution is -0.115. The summed E-state index contributed by atoms with van der Waals surface area (Å²) in [5.74, 6) is -1.40. The van der Waals surface area contributed by atoms with Gasteiger partial charge in [-0.15, -0.1) is 5.10 Å². The summed E-state index contributed by atoms with van der Waals surface area (Å²) in [5, 5.41) is 13.4. The highest BCUT2D eigenvalue weighted by atomic mass is 32.2. The van der Waals surface area contributed by atoms with Crippen molar-refractivity contribution >= 4 is 21.4 Å². The van der Waals surface area contributed by atoms with Crippen LogP contribution in [0.4, 0.5) is 10.1 Å². The van der Waals surface area contributed by atoms with Gasteiger partial charge in [0.25, 0.3) is 0 Å². The predicted octanol–water partition coefficient (Wildman–Crippen LogP) is 1.17. The average molecular weight is 355 g/mol. The predicted molar refractivity (Wildman–Crippen MR) is 85.2 cm³/mol. The van der Waals surface area contributed by atoms with Crippen molar-refractivity contribution in [3.63, 3.8) is 0 Å². The third kappa shape index (κ3) is 5.37. The van der Waals surface area contributed by atoms with Gasteiger partial charge in [0.05, 0.1) is 5.75 Å². The van der Waals surface area contributed by atoms with Crippen molar-refractivity contribution in [2.24, 2.45) is 0 Å². The lowest BCUT2D eigenvalue weighted by atomic mass is 10.3. The molecule has 0 aliphatic heterocycles. The maximum absolute atomic E-state index is 13.0. The van der Waals surface area contributed by atoms with E-state index < -0.39 is 21.6 Å². The third-order valence-corrected chi connectivity index (χ3v) is 4.66. The minimum Gasteiger partial charge on any atom is -0.326 e. The number of carbonyl (C=O) groups is 1. The fraction of sp³-hybridized carbons (Fsp3) is 0.429. The number of aromatic nitrogens is 4. The van der Waals surface area contributed by atoms with E-state index in [2.05, 4.69) is 20.8 Å². The maximum Gasteiger partial charge on any atom is 0.225 e. The van der Waals surface area contributed by atoms with Crippen LogP contribution >= 0.6 is 0 Å². The van der Waals surface area contributed by atoms with Gasteiger partial charge in [0, 0.05) is 18.7 Å². The van der Waals surface area contributed by atoms with Crippen LogP contribution in [0.1, 0.15) is 25.6 Å². The van der Waals surface area contributed by atoms with Gasteiger partial charge in [-0.05, 0) is 35.0 Å². The van der Waals surface area contributed by atoms with Gasteiger partial charge in [-0.1, -0.05) is 13.0 Å². The SMILES string of the molecule is CCCn1nnnc1CS(=O)(=O)CCC(=O)Nc1cccc(F)c1. The fourth-order valence-corrected chi connectivity index (χ4v) is 3.26. The van der Waals surface area contributed by atoms with Gasteiger partial charge in [0.2, 0.25) is 5.91 Å². The van der Waals surface area contributed by atoms with Gasteiger partial charge in [-0.2, -0.15) is 0 Å². The Bertz CT molecular complexity index is 806. The largest absolute Gasteiger partial charge is 0.326 e. The molecule has 8 nitrogen and oxygen atoms in total. The molecule has 2 rings (SSSR count). The average Bonchev–Trinajstić information content (AvgIpc) is 2.92. The topological polar surface area (TPSA) is 107 Å². The highest BCUT2D eigenvalue weighted by Gasteiger charge is 2.19. The number of benzene rings is 1. The van der Waals surface area contributed by atoms with Gasteiger partial charge in [0.15, 0.2) is 15.7 Å². The summed E-state index contributed by atoms with van der Waals surface area (Å²) in [6.45, 7) is 2.45. The van der Waals surface area contributed by atoms with E-state index in [1.165, 1.54) is 22.9 Å². The van der Waals surface area contributed by atoms with Crippen molar-refractivity contribution < 1.29 is 17.6 Å². The van der Waals surface area contributed by atoms with Crippen LogP contribution in [-0.2, 0) is 26.9 Å². The Hall–Kier alpha value is -2.36. The first-order chi connectivity index (χ1) is 11.4. The molecule has 0 radical (unpaired) electrons. The second-order valence-electron chi connectivity index (χ2n) is 5.22. The summed E-state index contributed by atoms with van der Waals surface area (Å²) in [6.07, 6.45) is 0.544. The zero-order valence-corrected chi connectivity index (χ0v) is 14.0. The number of aryl methyl sites for hydroxylation is 1. The van der Waals surface area contributed by atoms with E-state index >= 15 is 0 Å². The number of sulfone groups is 1. The molecule has 1 N–H and O–H groups in total. The first-order valence-corrected chi connectivity index (χ1v) is 9.22. The quantitative estimate of drug-likeness (QED) is 0.762. The molecule has 2 aromatic rings. The molecule has 0 saturated heterocycles. The Kier molecular flexibility index (Phi) is 5.96. The highest BCUT2D eigenvalue weighted by Crippen LogP contribution is 2.10. The third-order valence-electron chi connectivity index (χ3n) is 3.14. The molecule has 1 aromatic carbocycles. The standard InChI is InChI=1S/C14H18FN5O3S/c1-2-7-20-13(17-18-19-20)10-24(22,23)8-6-14(21)16-12-5-3-4-11(15)9-12/h3-5,9H,2,6-8,10H2,1H3,(H,16,21). The normalized spacial score (nSPS) is 11.4. The van der Waals surface area contributed by atoms with Gasteiger partial charge in [-0.3, -0.25) is 4.79 Å². The highest BCUT2D eigenvalue weighted by molar-refractivity contribution is 7.90. The van der Waals surface area contributed by atoms with Crippen molar-refractivity contribution in [2.45, 2.75) is 32.1 Å². The molecule has 0 spiro atoms. The Morgan fingerprint density at radius 3 is 2.88 bits per heavy atom. The van der Waals surface area contributed by atoms with E-state index in [0.717, 1.165) is 12.5 Å². The summed E-state index contributed by atoms with van der Waals surface area (Å²) >= 11 is 0. The minimum absolute atomic E-state index is 0.228. The molecule has 0 aliphatic rings. The smallest absolute Gasteiger partial charge is 0.225 e. The molecule has 0 unspecified atom stereocenters. The van der Waals surface area contributed by atoms with Crippen LogP contribution in [0, 0.1) is 5.82 Å². The number of halogens is 1. The zero-order valence-electron chi connectivity index (χ0n) is 13.1. The fourth-order valence-electron chi connectivity index (χ4n) is 2.02. The molecule has 0 saturated carbocycles. The number of tetrazole rings is 1. The summed E-state index contributed by atoms with van der Waals surface area (Å²) in [6, 6.07) is 5.38. The van der Waals surface area contributed by atoms with Crippen LogP contribution in [0.5, 0.6) is 0 Å². The van der Waals surface area contributed by atoms with E-state index in [1.807, 2.05) is 6.92 Å². The monoisotopic (exact) mass is 355 g/mol. The number of hydrogen-bond donors (Lipinski definition) is 1. The number of anilines is 1.